The van der Waals surface area contributed by atoms with Crippen LogP contribution in [-0.2, 0) is 25.6 Å². The molecule has 2 nitrogen and oxygen atoms in total. The number of hydrogen-bond acceptors (Lipinski definition) is 2. The zero-order valence-corrected chi connectivity index (χ0v) is 6.80. The van der Waals surface area contributed by atoms with Crippen molar-refractivity contribution < 1.29 is 4.79 Å². The molecule has 0 fully saturated rings. The molecule has 0 aliphatic rings. The van der Waals surface area contributed by atoms with Gasteiger partial charge in [-0.1, -0.05) is 0 Å². The van der Waals surface area contributed by atoms with Crippen LogP contribution in [0, 0.1) is 0 Å². The van der Waals surface area contributed by atoms with Gasteiger partial charge in [0.1, 0.15) is 0 Å². The molecular formula is C4H9NOS2. The van der Waals surface area contributed by atoms with Gasteiger partial charge in [-0.3, -0.25) is 9.10 Å². The number of carbonyl (C=O) groups excluding carboxylic acids is 1. The Balaban J connectivity index is 3.83. The van der Waals surface area contributed by atoms with E-state index in [0.717, 1.165) is 0 Å². The first-order valence-corrected chi connectivity index (χ1v) is 4.65. The fraction of sp³-hybridized carbons (Fsp3) is 0.750. The van der Waals surface area contributed by atoms with Crippen LogP contribution in [0.2, 0.25) is 0 Å². The van der Waals surface area contributed by atoms with Crippen molar-refractivity contribution in [3.63, 3.8) is 0 Å². The second-order valence-electron chi connectivity index (χ2n) is 1.44. The van der Waals surface area contributed by atoms with E-state index in [1.807, 2.05) is 6.26 Å². The van der Waals surface area contributed by atoms with Crippen LogP contribution >= 0.6 is 0 Å². The minimum Gasteiger partial charge on any atom is -0.287 e. The molecule has 0 aromatic rings. The van der Waals surface area contributed by atoms with Crippen LogP contribution in [0.5, 0.6) is 0 Å². The highest BCUT2D eigenvalue weighted by molar-refractivity contribution is 8.27. The molecule has 0 spiro atoms. The van der Waals surface area contributed by atoms with Gasteiger partial charge in [0.25, 0.3) is 0 Å². The van der Waals surface area contributed by atoms with Gasteiger partial charge in [0, 0.05) is 20.2 Å². The topological polar surface area (TPSA) is 20.3 Å². The Bertz CT molecular complexity index is 109. The van der Waals surface area contributed by atoms with Gasteiger partial charge in [-0.05, 0) is 20.8 Å². The highest BCUT2D eigenvalue weighted by atomic mass is 32.8. The maximum Gasteiger partial charge on any atom is 0.229 e. The van der Waals surface area contributed by atoms with Gasteiger partial charge in [-0.15, -0.1) is 0 Å². The normalized spacial score (nSPS) is 12.9. The van der Waals surface area contributed by atoms with E-state index in [2.05, 4.69) is 0 Å². The summed E-state index contributed by atoms with van der Waals surface area (Å²) in [6.45, 7) is 1.51. The second kappa shape index (κ2) is 3.14. The maximum atomic E-state index is 10.5. The molecule has 0 radical (unpaired) electrons. The van der Waals surface area contributed by atoms with E-state index in [1.165, 1.54) is 11.2 Å². The SMILES string of the molecule is CC(=O)N(C)S(C)=S. The highest BCUT2D eigenvalue weighted by Crippen LogP contribution is 1.86. The monoisotopic (exact) mass is 151 g/mol. The predicted octanol–water partition coefficient (Wildman–Crippen LogP) is 0.0897. The lowest BCUT2D eigenvalue weighted by Gasteiger charge is -2.11. The summed E-state index contributed by atoms with van der Waals surface area (Å²) < 4.78 is 1.54. The first kappa shape index (κ1) is 8.04. The Morgan fingerprint density at radius 1 is 1.75 bits per heavy atom. The quantitative estimate of drug-likeness (QED) is 0.529. The lowest BCUT2D eigenvalue weighted by molar-refractivity contribution is -0.123. The maximum absolute atomic E-state index is 10.5. The summed E-state index contributed by atoms with van der Waals surface area (Å²) in [7, 11) is 1.38. The van der Waals surface area contributed by atoms with Gasteiger partial charge in [-0.25, -0.2) is 0 Å². The van der Waals surface area contributed by atoms with Gasteiger partial charge in [-0.2, -0.15) is 0 Å². The van der Waals surface area contributed by atoms with Crippen molar-refractivity contribution in [1.82, 2.24) is 4.31 Å². The summed E-state index contributed by atoms with van der Waals surface area (Å²) in [4.78, 5) is 10.5. The summed E-state index contributed by atoms with van der Waals surface area (Å²) >= 11 is 4.81. The molecular weight excluding hydrogens is 142 g/mol. The van der Waals surface area contributed by atoms with Crippen molar-refractivity contribution >= 4 is 26.7 Å². The molecule has 1 amide bonds. The van der Waals surface area contributed by atoms with Crippen molar-refractivity contribution in [2.75, 3.05) is 13.3 Å². The molecule has 1 atom stereocenters. The average molecular weight is 151 g/mol. The van der Waals surface area contributed by atoms with Crippen molar-refractivity contribution in [2.24, 2.45) is 0 Å². The van der Waals surface area contributed by atoms with Crippen LogP contribution in [0.1, 0.15) is 6.92 Å². The second-order valence-corrected chi connectivity index (χ2v) is 4.28. The number of hydrogen-bond donors (Lipinski definition) is 0. The number of carbonyl (C=O) groups is 1. The number of amides is 1. The van der Waals surface area contributed by atoms with Gasteiger partial charge < -0.3 is 0 Å². The molecule has 0 saturated carbocycles. The first-order valence-electron chi connectivity index (χ1n) is 2.13. The van der Waals surface area contributed by atoms with E-state index in [1.54, 1.807) is 7.05 Å². The van der Waals surface area contributed by atoms with E-state index in [0.29, 0.717) is 0 Å². The lowest BCUT2D eigenvalue weighted by Crippen LogP contribution is -2.24. The van der Waals surface area contributed by atoms with E-state index in [4.69, 9.17) is 11.2 Å². The molecule has 0 aliphatic heterocycles. The first-order chi connectivity index (χ1) is 3.55. The standard InChI is InChI=1S/C4H9NOS2/c1-4(6)5(2)8(3)7/h1-3H3. The molecule has 4 heteroatoms. The summed E-state index contributed by atoms with van der Waals surface area (Å²) in [5.41, 5.74) is 0. The molecule has 8 heavy (non-hydrogen) atoms. The Kier molecular flexibility index (Phi) is 3.16. The largest absolute Gasteiger partial charge is 0.287 e. The third-order valence-electron chi connectivity index (χ3n) is 0.829. The van der Waals surface area contributed by atoms with E-state index in [9.17, 15) is 4.79 Å². The molecule has 1 unspecified atom stereocenters. The van der Waals surface area contributed by atoms with Crippen LogP contribution in [0.25, 0.3) is 0 Å². The van der Waals surface area contributed by atoms with Crippen LogP contribution in [0.15, 0.2) is 0 Å². The van der Waals surface area contributed by atoms with Crippen LogP contribution < -0.4 is 0 Å². The molecule has 0 heterocycles. The fourth-order valence-electron chi connectivity index (χ4n) is 0.181. The third-order valence-corrected chi connectivity index (χ3v) is 2.53. The van der Waals surface area contributed by atoms with Crippen molar-refractivity contribution in [2.45, 2.75) is 6.92 Å². The minimum absolute atomic E-state index is 0.0332. The van der Waals surface area contributed by atoms with E-state index < -0.39 is 0 Å². The summed E-state index contributed by atoms with van der Waals surface area (Å²) in [5, 5.41) is 0. The van der Waals surface area contributed by atoms with Gasteiger partial charge in [0.15, 0.2) is 0 Å². The van der Waals surface area contributed by atoms with E-state index in [-0.39, 0.29) is 15.5 Å². The molecule has 48 valence electrons. The van der Waals surface area contributed by atoms with Crippen molar-refractivity contribution in [1.29, 1.82) is 0 Å². The summed E-state index contributed by atoms with van der Waals surface area (Å²) in [5.74, 6) is 0.0332. The predicted molar refractivity (Wildman–Crippen MR) is 39.1 cm³/mol. The van der Waals surface area contributed by atoms with Crippen molar-refractivity contribution in [3.8, 4) is 0 Å². The molecule has 0 N–H and O–H groups in total. The minimum atomic E-state index is -0.323. The molecule has 0 rings (SSSR count). The van der Waals surface area contributed by atoms with Gasteiger partial charge in [0.2, 0.25) is 5.91 Å². The fourth-order valence-corrected chi connectivity index (χ4v) is 0.858. The Hall–Kier alpha value is 0.0400. The zero-order chi connectivity index (χ0) is 6.73. The van der Waals surface area contributed by atoms with Crippen LogP contribution in [-0.4, -0.2) is 23.5 Å². The lowest BCUT2D eigenvalue weighted by atomic mass is 10.7. The van der Waals surface area contributed by atoms with Crippen molar-refractivity contribution in [3.05, 3.63) is 0 Å². The average Bonchev–Trinajstić information content (AvgIpc) is 1.64. The highest BCUT2D eigenvalue weighted by Gasteiger charge is 1.99. The van der Waals surface area contributed by atoms with E-state index >= 15 is 0 Å². The molecule has 0 bridgehead atoms. The third kappa shape index (κ3) is 2.37. The Labute approximate surface area is 56.6 Å². The number of rotatable bonds is 1. The molecule has 0 aromatic heterocycles. The Morgan fingerprint density at radius 2 is 2.12 bits per heavy atom. The zero-order valence-electron chi connectivity index (χ0n) is 5.17. The summed E-state index contributed by atoms with van der Waals surface area (Å²) in [6.07, 6.45) is 1.83. The van der Waals surface area contributed by atoms with Crippen LogP contribution in [0.4, 0.5) is 0 Å². The smallest absolute Gasteiger partial charge is 0.229 e. The molecule has 0 saturated heterocycles. The van der Waals surface area contributed by atoms with Crippen LogP contribution in [0.3, 0.4) is 0 Å². The summed E-state index contributed by atoms with van der Waals surface area (Å²) in [6, 6.07) is 0. The number of nitrogens with zero attached hydrogens (tertiary/aromatic N) is 1. The molecule has 0 aromatic carbocycles. The molecule has 0 aliphatic carbocycles. The Morgan fingerprint density at radius 3 is 2.12 bits per heavy atom. The van der Waals surface area contributed by atoms with Gasteiger partial charge >= 0.3 is 0 Å². The van der Waals surface area contributed by atoms with Gasteiger partial charge in [0.05, 0.1) is 0 Å².